The average Bonchev–Trinajstić information content (AvgIpc) is 2.38. The van der Waals surface area contributed by atoms with Crippen LogP contribution >= 0.6 is 0 Å². The number of para-hydroxylation sites is 1. The summed E-state index contributed by atoms with van der Waals surface area (Å²) in [6, 6.07) is 5.90. The molecule has 1 saturated carbocycles. The fraction of sp³-hybridized carbons (Fsp3) is 0.500. The first-order valence-corrected chi connectivity index (χ1v) is 6.52. The maximum atomic E-state index is 12.0. The van der Waals surface area contributed by atoms with Crippen molar-refractivity contribution in [3.8, 4) is 0 Å². The summed E-state index contributed by atoms with van der Waals surface area (Å²) in [6.07, 6.45) is 3.76. The molecule has 0 heterocycles. The van der Waals surface area contributed by atoms with Crippen molar-refractivity contribution in [2.45, 2.75) is 38.7 Å². The Morgan fingerprint density at radius 2 is 2.11 bits per heavy atom. The lowest BCUT2D eigenvalue weighted by Gasteiger charge is -2.26. The van der Waals surface area contributed by atoms with Gasteiger partial charge in [-0.3, -0.25) is 10.1 Å². The lowest BCUT2D eigenvalue weighted by molar-refractivity contribution is -0.385. The Balaban J connectivity index is 2.09. The fourth-order valence-electron chi connectivity index (χ4n) is 2.51. The number of rotatable bonds is 3. The second kappa shape index (κ2) is 5.82. The Hall–Kier alpha value is -1.91. The van der Waals surface area contributed by atoms with Crippen molar-refractivity contribution >= 4 is 11.7 Å². The summed E-state index contributed by atoms with van der Waals surface area (Å²) < 4.78 is 5.40. The Morgan fingerprint density at radius 3 is 2.79 bits per heavy atom. The van der Waals surface area contributed by atoms with Gasteiger partial charge in [-0.1, -0.05) is 25.5 Å². The van der Waals surface area contributed by atoms with Crippen molar-refractivity contribution in [3.05, 3.63) is 39.9 Å². The van der Waals surface area contributed by atoms with E-state index in [1.54, 1.807) is 6.07 Å². The Bertz CT molecular complexity index is 486. The smallest absolute Gasteiger partial charge is 0.345 e. The minimum Gasteiger partial charge on any atom is -0.459 e. The van der Waals surface area contributed by atoms with Crippen molar-refractivity contribution in [2.75, 3.05) is 0 Å². The number of carbonyl (C=O) groups is 1. The lowest BCUT2D eigenvalue weighted by Crippen LogP contribution is -2.24. The highest BCUT2D eigenvalue weighted by Gasteiger charge is 2.26. The number of nitrogens with zero attached hydrogens (tertiary/aromatic N) is 1. The minimum absolute atomic E-state index is 0.0331. The van der Waals surface area contributed by atoms with Crippen molar-refractivity contribution in [2.24, 2.45) is 5.92 Å². The number of benzene rings is 1. The molecule has 1 aliphatic rings. The molecule has 1 fully saturated rings. The van der Waals surface area contributed by atoms with Gasteiger partial charge in [0.05, 0.1) is 4.92 Å². The van der Waals surface area contributed by atoms with Gasteiger partial charge in [-0.05, 0) is 31.2 Å². The SMILES string of the molecule is CC1CCCC(OC(=O)c2ccccc2[N+](=O)[O-])C1. The number of nitro groups is 1. The molecular weight excluding hydrogens is 246 g/mol. The van der Waals surface area contributed by atoms with Crippen LogP contribution in [0.2, 0.25) is 0 Å². The molecule has 0 spiro atoms. The van der Waals surface area contributed by atoms with Crippen LogP contribution in [-0.2, 0) is 4.74 Å². The monoisotopic (exact) mass is 263 g/mol. The van der Waals surface area contributed by atoms with Crippen LogP contribution in [-0.4, -0.2) is 17.0 Å². The van der Waals surface area contributed by atoms with Gasteiger partial charge >= 0.3 is 5.97 Å². The van der Waals surface area contributed by atoms with Gasteiger partial charge in [0, 0.05) is 6.07 Å². The van der Waals surface area contributed by atoms with Gasteiger partial charge < -0.3 is 4.74 Å². The maximum absolute atomic E-state index is 12.0. The quantitative estimate of drug-likeness (QED) is 0.476. The van der Waals surface area contributed by atoms with Gasteiger partial charge in [0.25, 0.3) is 5.69 Å². The Kier molecular flexibility index (Phi) is 4.14. The molecule has 1 aromatic rings. The third kappa shape index (κ3) is 3.30. The zero-order valence-electron chi connectivity index (χ0n) is 10.9. The van der Waals surface area contributed by atoms with Gasteiger partial charge in [-0.2, -0.15) is 0 Å². The second-order valence-electron chi connectivity index (χ2n) is 5.07. The molecule has 2 rings (SSSR count). The number of hydrogen-bond donors (Lipinski definition) is 0. The summed E-state index contributed by atoms with van der Waals surface area (Å²) in [7, 11) is 0. The molecule has 19 heavy (non-hydrogen) atoms. The van der Waals surface area contributed by atoms with Crippen molar-refractivity contribution in [3.63, 3.8) is 0 Å². The van der Waals surface area contributed by atoms with Gasteiger partial charge in [-0.25, -0.2) is 4.79 Å². The molecule has 0 N–H and O–H groups in total. The van der Waals surface area contributed by atoms with Crippen LogP contribution in [0.1, 0.15) is 43.0 Å². The second-order valence-corrected chi connectivity index (χ2v) is 5.07. The largest absolute Gasteiger partial charge is 0.459 e. The van der Waals surface area contributed by atoms with E-state index in [0.717, 1.165) is 25.7 Å². The van der Waals surface area contributed by atoms with Crippen molar-refractivity contribution < 1.29 is 14.5 Å². The van der Waals surface area contributed by atoms with Crippen LogP contribution in [0.15, 0.2) is 24.3 Å². The highest BCUT2D eigenvalue weighted by molar-refractivity contribution is 5.93. The number of esters is 1. The van der Waals surface area contributed by atoms with E-state index in [-0.39, 0.29) is 17.4 Å². The van der Waals surface area contributed by atoms with E-state index < -0.39 is 10.9 Å². The van der Waals surface area contributed by atoms with Gasteiger partial charge in [-0.15, -0.1) is 0 Å². The molecule has 1 aromatic carbocycles. The highest BCUT2D eigenvalue weighted by atomic mass is 16.6. The van der Waals surface area contributed by atoms with E-state index in [4.69, 9.17) is 4.74 Å². The first kappa shape index (κ1) is 13.5. The van der Waals surface area contributed by atoms with Crippen LogP contribution in [0.4, 0.5) is 5.69 Å². The predicted octanol–water partition coefficient (Wildman–Crippen LogP) is 3.33. The normalized spacial score (nSPS) is 22.8. The maximum Gasteiger partial charge on any atom is 0.345 e. The van der Waals surface area contributed by atoms with E-state index in [2.05, 4.69) is 6.92 Å². The molecule has 0 radical (unpaired) electrons. The lowest BCUT2D eigenvalue weighted by atomic mass is 9.89. The van der Waals surface area contributed by atoms with Crippen molar-refractivity contribution in [1.29, 1.82) is 0 Å². The molecule has 2 atom stereocenters. The topological polar surface area (TPSA) is 69.4 Å². The first-order chi connectivity index (χ1) is 9.08. The molecule has 0 amide bonds. The van der Waals surface area contributed by atoms with Gasteiger partial charge in [0.2, 0.25) is 0 Å². The third-order valence-corrected chi connectivity index (χ3v) is 3.48. The molecule has 102 valence electrons. The van der Waals surface area contributed by atoms with E-state index in [0.29, 0.717) is 5.92 Å². The number of carbonyl (C=O) groups excluding carboxylic acids is 1. The summed E-state index contributed by atoms with van der Waals surface area (Å²) in [5, 5.41) is 10.9. The molecule has 0 aromatic heterocycles. The summed E-state index contributed by atoms with van der Waals surface area (Å²) in [5.41, 5.74) is -0.165. The average molecular weight is 263 g/mol. The summed E-state index contributed by atoms with van der Waals surface area (Å²) in [4.78, 5) is 22.3. The van der Waals surface area contributed by atoms with Crippen LogP contribution < -0.4 is 0 Å². The summed E-state index contributed by atoms with van der Waals surface area (Å²) in [5.74, 6) is -0.0521. The van der Waals surface area contributed by atoms with Gasteiger partial charge in [0.15, 0.2) is 0 Å². The minimum atomic E-state index is -0.591. The molecule has 2 unspecified atom stereocenters. The molecule has 0 bridgehead atoms. The van der Waals surface area contributed by atoms with Crippen LogP contribution in [0.5, 0.6) is 0 Å². The zero-order valence-corrected chi connectivity index (χ0v) is 10.9. The molecule has 1 aliphatic carbocycles. The number of ether oxygens (including phenoxy) is 1. The van der Waals surface area contributed by atoms with Crippen molar-refractivity contribution in [1.82, 2.24) is 0 Å². The Labute approximate surface area is 111 Å². The van der Waals surface area contributed by atoms with Gasteiger partial charge in [0.1, 0.15) is 11.7 Å². The standard InChI is InChI=1S/C14H17NO4/c1-10-5-4-6-11(9-10)19-14(16)12-7-2-3-8-13(12)15(17)18/h2-3,7-8,10-11H,4-6,9H2,1H3. The van der Waals surface area contributed by atoms with E-state index in [1.807, 2.05) is 0 Å². The predicted molar refractivity (Wildman–Crippen MR) is 69.9 cm³/mol. The van der Waals surface area contributed by atoms with E-state index in [9.17, 15) is 14.9 Å². The van der Waals surface area contributed by atoms with Crippen LogP contribution in [0, 0.1) is 16.0 Å². The Morgan fingerprint density at radius 1 is 1.37 bits per heavy atom. The summed E-state index contributed by atoms with van der Waals surface area (Å²) in [6.45, 7) is 2.13. The van der Waals surface area contributed by atoms with Crippen LogP contribution in [0.3, 0.4) is 0 Å². The summed E-state index contributed by atoms with van der Waals surface area (Å²) >= 11 is 0. The number of nitro benzene ring substituents is 1. The number of hydrogen-bond acceptors (Lipinski definition) is 4. The molecule has 5 nitrogen and oxygen atoms in total. The highest BCUT2D eigenvalue weighted by Crippen LogP contribution is 2.27. The zero-order chi connectivity index (χ0) is 13.8. The molecular formula is C14H17NO4. The fourth-order valence-corrected chi connectivity index (χ4v) is 2.51. The van der Waals surface area contributed by atoms with E-state index in [1.165, 1.54) is 18.2 Å². The first-order valence-electron chi connectivity index (χ1n) is 6.52. The van der Waals surface area contributed by atoms with Crippen LogP contribution in [0.25, 0.3) is 0 Å². The third-order valence-electron chi connectivity index (χ3n) is 3.48. The molecule has 5 heteroatoms. The van der Waals surface area contributed by atoms with E-state index >= 15 is 0 Å². The molecule has 0 aliphatic heterocycles. The molecule has 0 saturated heterocycles.